The third-order valence-electron chi connectivity index (χ3n) is 1.83. The molecule has 0 unspecified atom stereocenters. The molecule has 0 radical (unpaired) electrons. The molecule has 2 aromatic rings. The summed E-state index contributed by atoms with van der Waals surface area (Å²) in [6.07, 6.45) is 3.12. The van der Waals surface area contributed by atoms with Crippen LogP contribution in [0.15, 0.2) is 22.0 Å². The Hall–Kier alpha value is -1.91. The van der Waals surface area contributed by atoms with Gasteiger partial charge in [0.2, 0.25) is 0 Å². The predicted molar refractivity (Wildman–Crippen MR) is 47.7 cm³/mol. The highest BCUT2D eigenvalue weighted by atomic mass is 16.2. The molecule has 0 bridgehead atoms. The molecule has 0 aliphatic heterocycles. The molecule has 0 saturated carbocycles. The second kappa shape index (κ2) is 2.55. The van der Waals surface area contributed by atoms with Crippen molar-refractivity contribution in [2.75, 3.05) is 0 Å². The molecule has 0 atom stereocenters. The minimum absolute atomic E-state index is 0.546. The molecule has 13 heavy (non-hydrogen) atoms. The molecular formula is C8H7N3O2. The Bertz CT molecular complexity index is 567. The zero-order chi connectivity index (χ0) is 9.42. The van der Waals surface area contributed by atoms with Crippen molar-refractivity contribution in [3.05, 3.63) is 38.7 Å². The molecule has 0 saturated heterocycles. The van der Waals surface area contributed by atoms with Gasteiger partial charge in [-0.15, -0.1) is 0 Å². The Morgan fingerprint density at radius 2 is 1.85 bits per heavy atom. The monoisotopic (exact) mass is 177 g/mol. The number of rotatable bonds is 0. The summed E-state index contributed by atoms with van der Waals surface area (Å²) in [7, 11) is 0. The zero-order valence-electron chi connectivity index (χ0n) is 6.92. The molecule has 2 N–H and O–H groups in total. The first-order chi connectivity index (χ1) is 6.18. The Morgan fingerprint density at radius 3 is 2.62 bits per heavy atom. The molecule has 2 heterocycles. The number of fused-ring (bicyclic) bond motifs is 1. The van der Waals surface area contributed by atoms with Crippen LogP contribution in [0.4, 0.5) is 0 Å². The highest BCUT2D eigenvalue weighted by Crippen LogP contribution is 2.07. The van der Waals surface area contributed by atoms with E-state index < -0.39 is 11.1 Å². The van der Waals surface area contributed by atoms with Crippen LogP contribution in [0.1, 0.15) is 5.56 Å². The summed E-state index contributed by atoms with van der Waals surface area (Å²) in [5.74, 6) is 0. The lowest BCUT2D eigenvalue weighted by atomic mass is 10.2. The summed E-state index contributed by atoms with van der Waals surface area (Å²) < 4.78 is 0. The highest BCUT2D eigenvalue weighted by Gasteiger charge is 2.00. The van der Waals surface area contributed by atoms with E-state index in [4.69, 9.17) is 0 Å². The zero-order valence-corrected chi connectivity index (χ0v) is 6.92. The maximum absolute atomic E-state index is 11.0. The van der Waals surface area contributed by atoms with Gasteiger partial charge in [0, 0.05) is 6.20 Å². The minimum atomic E-state index is -0.653. The van der Waals surface area contributed by atoms with E-state index in [0.717, 1.165) is 5.56 Å². The Kier molecular flexibility index (Phi) is 1.51. The number of pyridine rings is 1. The molecule has 0 fully saturated rings. The Balaban J connectivity index is 3.06. The summed E-state index contributed by atoms with van der Waals surface area (Å²) in [6.45, 7) is 1.81. The van der Waals surface area contributed by atoms with Gasteiger partial charge in [-0.05, 0) is 12.5 Å². The first kappa shape index (κ1) is 7.72. The SMILES string of the molecule is Cc1cncc2[nH]c(=O)c(=O)[nH]c12. The summed E-state index contributed by atoms with van der Waals surface area (Å²) in [6, 6.07) is 0. The smallest absolute Gasteiger partial charge is 0.314 e. The first-order valence-corrected chi connectivity index (χ1v) is 3.75. The van der Waals surface area contributed by atoms with Gasteiger partial charge in [-0.2, -0.15) is 0 Å². The van der Waals surface area contributed by atoms with E-state index in [9.17, 15) is 9.59 Å². The fourth-order valence-corrected chi connectivity index (χ4v) is 1.18. The molecule has 0 aromatic carbocycles. The van der Waals surface area contributed by atoms with E-state index >= 15 is 0 Å². The van der Waals surface area contributed by atoms with Crippen LogP contribution in [0.5, 0.6) is 0 Å². The van der Waals surface area contributed by atoms with Gasteiger partial charge >= 0.3 is 11.1 Å². The van der Waals surface area contributed by atoms with Crippen molar-refractivity contribution in [1.82, 2.24) is 15.0 Å². The van der Waals surface area contributed by atoms with E-state index in [2.05, 4.69) is 15.0 Å². The summed E-state index contributed by atoms with van der Waals surface area (Å²) >= 11 is 0. The average Bonchev–Trinajstić information content (AvgIpc) is 2.09. The largest absolute Gasteiger partial charge is 0.316 e. The molecule has 5 nitrogen and oxygen atoms in total. The Morgan fingerprint density at radius 1 is 1.15 bits per heavy atom. The lowest BCUT2D eigenvalue weighted by Crippen LogP contribution is -2.29. The molecule has 2 aromatic heterocycles. The maximum atomic E-state index is 11.0. The van der Waals surface area contributed by atoms with Crippen molar-refractivity contribution in [2.24, 2.45) is 0 Å². The van der Waals surface area contributed by atoms with Crippen LogP contribution < -0.4 is 11.1 Å². The maximum Gasteiger partial charge on any atom is 0.314 e. The first-order valence-electron chi connectivity index (χ1n) is 3.75. The molecule has 66 valence electrons. The number of hydrogen-bond acceptors (Lipinski definition) is 3. The van der Waals surface area contributed by atoms with Crippen molar-refractivity contribution in [3.63, 3.8) is 0 Å². The van der Waals surface area contributed by atoms with Crippen molar-refractivity contribution in [2.45, 2.75) is 6.92 Å². The van der Waals surface area contributed by atoms with Crippen LogP contribution in [0.3, 0.4) is 0 Å². The molecule has 0 amide bonds. The van der Waals surface area contributed by atoms with Gasteiger partial charge in [0.15, 0.2) is 0 Å². The minimum Gasteiger partial charge on any atom is -0.316 e. The standard InChI is InChI=1S/C8H7N3O2/c1-4-2-9-3-5-6(4)11-8(13)7(12)10-5/h2-3H,1H3,(H,10,12)(H,11,13). The molecule has 2 rings (SSSR count). The van der Waals surface area contributed by atoms with Crippen LogP contribution in [0.2, 0.25) is 0 Å². The van der Waals surface area contributed by atoms with Crippen LogP contribution in [-0.4, -0.2) is 15.0 Å². The van der Waals surface area contributed by atoms with Crippen molar-refractivity contribution < 1.29 is 0 Å². The molecule has 0 aliphatic carbocycles. The number of aromatic amines is 2. The number of aromatic nitrogens is 3. The topological polar surface area (TPSA) is 78.6 Å². The number of nitrogens with zero attached hydrogens (tertiary/aromatic N) is 1. The molecule has 0 aliphatic rings. The van der Waals surface area contributed by atoms with E-state index in [1.54, 1.807) is 6.20 Å². The quantitative estimate of drug-likeness (QED) is 0.552. The predicted octanol–water partition coefficient (Wildman–Crippen LogP) is -0.0802. The van der Waals surface area contributed by atoms with E-state index in [0.29, 0.717) is 11.0 Å². The fraction of sp³-hybridized carbons (Fsp3) is 0.125. The van der Waals surface area contributed by atoms with Gasteiger partial charge < -0.3 is 9.97 Å². The van der Waals surface area contributed by atoms with Gasteiger partial charge in [0.25, 0.3) is 0 Å². The summed E-state index contributed by atoms with van der Waals surface area (Å²) in [4.78, 5) is 30.7. The van der Waals surface area contributed by atoms with Gasteiger partial charge in [0.05, 0.1) is 17.2 Å². The second-order valence-electron chi connectivity index (χ2n) is 2.79. The van der Waals surface area contributed by atoms with Crippen LogP contribution in [0.25, 0.3) is 11.0 Å². The third kappa shape index (κ3) is 1.14. The third-order valence-corrected chi connectivity index (χ3v) is 1.83. The average molecular weight is 177 g/mol. The van der Waals surface area contributed by atoms with Gasteiger partial charge in [-0.1, -0.05) is 0 Å². The van der Waals surface area contributed by atoms with Crippen molar-refractivity contribution in [1.29, 1.82) is 0 Å². The molecule has 0 spiro atoms. The van der Waals surface area contributed by atoms with Crippen LogP contribution in [0, 0.1) is 6.92 Å². The lowest BCUT2D eigenvalue weighted by Gasteiger charge is -1.98. The Labute approximate surface area is 72.5 Å². The van der Waals surface area contributed by atoms with E-state index in [-0.39, 0.29) is 0 Å². The lowest BCUT2D eigenvalue weighted by molar-refractivity contribution is 1.12. The molecular weight excluding hydrogens is 170 g/mol. The van der Waals surface area contributed by atoms with Crippen LogP contribution >= 0.6 is 0 Å². The normalized spacial score (nSPS) is 10.5. The van der Waals surface area contributed by atoms with Gasteiger partial charge in [-0.3, -0.25) is 14.6 Å². The van der Waals surface area contributed by atoms with Crippen molar-refractivity contribution >= 4 is 11.0 Å². The van der Waals surface area contributed by atoms with E-state index in [1.165, 1.54) is 6.20 Å². The number of hydrogen-bond donors (Lipinski definition) is 2. The number of nitrogens with one attached hydrogen (secondary N) is 2. The van der Waals surface area contributed by atoms with Gasteiger partial charge in [0.1, 0.15) is 0 Å². The van der Waals surface area contributed by atoms with Crippen LogP contribution in [-0.2, 0) is 0 Å². The number of aryl methyl sites for hydroxylation is 1. The van der Waals surface area contributed by atoms with E-state index in [1.807, 2.05) is 6.92 Å². The summed E-state index contributed by atoms with van der Waals surface area (Å²) in [5.41, 5.74) is 0.705. The second-order valence-corrected chi connectivity index (χ2v) is 2.79. The summed E-state index contributed by atoms with van der Waals surface area (Å²) in [5, 5.41) is 0. The number of H-pyrrole nitrogens is 2. The van der Waals surface area contributed by atoms with Gasteiger partial charge in [-0.25, -0.2) is 0 Å². The fourth-order valence-electron chi connectivity index (χ4n) is 1.18. The van der Waals surface area contributed by atoms with Crippen molar-refractivity contribution in [3.8, 4) is 0 Å². The molecule has 5 heteroatoms. The highest BCUT2D eigenvalue weighted by molar-refractivity contribution is 5.75.